The molecule has 60 valence electrons. The summed E-state index contributed by atoms with van der Waals surface area (Å²) in [5, 5.41) is 0. The Morgan fingerprint density at radius 1 is 1.64 bits per heavy atom. The van der Waals surface area contributed by atoms with Crippen LogP contribution in [0.25, 0.3) is 0 Å². The molecular formula is C7H7BrFNO. The lowest BCUT2D eigenvalue weighted by atomic mass is 10.4. The van der Waals surface area contributed by atoms with Crippen LogP contribution < -0.4 is 0 Å². The van der Waals surface area contributed by atoms with E-state index < -0.39 is 0 Å². The summed E-state index contributed by atoms with van der Waals surface area (Å²) < 4.78 is 20.5. The van der Waals surface area contributed by atoms with Crippen LogP contribution in [0.5, 0.6) is 0 Å². The quantitative estimate of drug-likeness (QED) is 0.651. The molecule has 1 aromatic heterocycles. The van der Waals surface area contributed by atoms with Gasteiger partial charge in [-0.15, -0.1) is 0 Å². The van der Waals surface area contributed by atoms with Gasteiger partial charge >= 0.3 is 0 Å². The van der Waals surface area contributed by atoms with Gasteiger partial charge in [-0.1, -0.05) is 0 Å². The molecule has 1 aliphatic rings. The first-order chi connectivity index (χ1) is 5.29. The second kappa shape index (κ2) is 2.60. The van der Waals surface area contributed by atoms with Gasteiger partial charge in [0.2, 0.25) is 0 Å². The van der Waals surface area contributed by atoms with Gasteiger partial charge in [-0.25, -0.2) is 4.39 Å². The zero-order valence-electron chi connectivity index (χ0n) is 5.81. The standard InChI is InChI=1S/C7H7BrFNO/c8-7-6(9)3-5-4-11-2-1-10(5)7/h3H,1-2,4H2. The van der Waals surface area contributed by atoms with Crippen LogP contribution in [0.2, 0.25) is 0 Å². The average molecular weight is 220 g/mol. The summed E-state index contributed by atoms with van der Waals surface area (Å²) in [7, 11) is 0. The summed E-state index contributed by atoms with van der Waals surface area (Å²) in [6, 6.07) is 1.50. The van der Waals surface area contributed by atoms with Crippen molar-refractivity contribution in [2.75, 3.05) is 6.61 Å². The van der Waals surface area contributed by atoms with Crippen LogP contribution in [-0.4, -0.2) is 11.2 Å². The maximum atomic E-state index is 12.9. The van der Waals surface area contributed by atoms with Crippen molar-refractivity contribution in [3.8, 4) is 0 Å². The van der Waals surface area contributed by atoms with Crippen LogP contribution in [0.4, 0.5) is 4.39 Å². The molecule has 0 bridgehead atoms. The molecule has 0 saturated heterocycles. The normalized spacial score (nSPS) is 16.5. The van der Waals surface area contributed by atoms with E-state index in [4.69, 9.17) is 4.74 Å². The van der Waals surface area contributed by atoms with Crippen LogP contribution in [0, 0.1) is 5.82 Å². The van der Waals surface area contributed by atoms with Gasteiger partial charge in [-0.05, 0) is 22.0 Å². The summed E-state index contributed by atoms with van der Waals surface area (Å²) in [6.45, 7) is 1.92. The zero-order valence-corrected chi connectivity index (χ0v) is 7.40. The van der Waals surface area contributed by atoms with Crippen LogP contribution in [0.3, 0.4) is 0 Å². The SMILES string of the molecule is Fc1cc2n(c1Br)CCOC2. The van der Waals surface area contributed by atoms with Crippen molar-refractivity contribution in [3.05, 3.63) is 22.2 Å². The van der Waals surface area contributed by atoms with Gasteiger partial charge in [0.05, 0.1) is 13.2 Å². The Morgan fingerprint density at radius 2 is 2.45 bits per heavy atom. The van der Waals surface area contributed by atoms with Gasteiger partial charge in [0, 0.05) is 12.2 Å². The number of halogens is 2. The molecule has 0 atom stereocenters. The van der Waals surface area contributed by atoms with Gasteiger partial charge in [-0.2, -0.15) is 0 Å². The second-order valence-electron chi connectivity index (χ2n) is 2.48. The van der Waals surface area contributed by atoms with E-state index in [0.29, 0.717) is 17.8 Å². The first kappa shape index (κ1) is 7.31. The summed E-state index contributed by atoms with van der Waals surface area (Å²) in [4.78, 5) is 0. The number of ether oxygens (including phenoxy) is 1. The summed E-state index contributed by atoms with van der Waals surface area (Å²) in [5.41, 5.74) is 0.903. The van der Waals surface area contributed by atoms with E-state index in [2.05, 4.69) is 15.9 Å². The smallest absolute Gasteiger partial charge is 0.155 e. The third-order valence-electron chi connectivity index (χ3n) is 1.78. The molecule has 0 amide bonds. The largest absolute Gasteiger partial charge is 0.373 e. The molecule has 0 aromatic carbocycles. The van der Waals surface area contributed by atoms with Crippen LogP contribution >= 0.6 is 15.9 Å². The van der Waals surface area contributed by atoms with Crippen molar-refractivity contribution >= 4 is 15.9 Å². The van der Waals surface area contributed by atoms with E-state index in [0.717, 1.165) is 12.2 Å². The van der Waals surface area contributed by atoms with Crippen molar-refractivity contribution in [2.24, 2.45) is 0 Å². The van der Waals surface area contributed by atoms with Crippen molar-refractivity contribution in [2.45, 2.75) is 13.2 Å². The minimum absolute atomic E-state index is 0.203. The predicted molar refractivity (Wildman–Crippen MR) is 41.7 cm³/mol. The number of nitrogens with zero attached hydrogens (tertiary/aromatic N) is 1. The van der Waals surface area contributed by atoms with E-state index in [9.17, 15) is 4.39 Å². The van der Waals surface area contributed by atoms with Gasteiger partial charge in [0.1, 0.15) is 4.60 Å². The first-order valence-electron chi connectivity index (χ1n) is 3.40. The zero-order chi connectivity index (χ0) is 7.84. The Balaban J connectivity index is 2.50. The number of rotatable bonds is 0. The topological polar surface area (TPSA) is 14.2 Å². The lowest BCUT2D eigenvalue weighted by Crippen LogP contribution is -2.15. The molecule has 0 spiro atoms. The molecule has 1 aliphatic heterocycles. The molecule has 11 heavy (non-hydrogen) atoms. The lowest BCUT2D eigenvalue weighted by Gasteiger charge is -2.15. The highest BCUT2D eigenvalue weighted by atomic mass is 79.9. The maximum absolute atomic E-state index is 12.9. The first-order valence-corrected chi connectivity index (χ1v) is 4.19. The maximum Gasteiger partial charge on any atom is 0.155 e. The van der Waals surface area contributed by atoms with Crippen molar-refractivity contribution in [1.29, 1.82) is 0 Å². The van der Waals surface area contributed by atoms with E-state index in [1.165, 1.54) is 6.07 Å². The molecule has 0 fully saturated rings. The predicted octanol–water partition coefficient (Wildman–Crippen LogP) is 1.92. The number of fused-ring (bicyclic) bond motifs is 1. The van der Waals surface area contributed by atoms with Crippen molar-refractivity contribution in [3.63, 3.8) is 0 Å². The Kier molecular flexibility index (Phi) is 1.73. The number of hydrogen-bond donors (Lipinski definition) is 0. The summed E-state index contributed by atoms with van der Waals surface area (Å²) in [5.74, 6) is -0.203. The average Bonchev–Trinajstić information content (AvgIpc) is 2.30. The van der Waals surface area contributed by atoms with Crippen LogP contribution in [-0.2, 0) is 17.9 Å². The van der Waals surface area contributed by atoms with E-state index >= 15 is 0 Å². The van der Waals surface area contributed by atoms with Crippen LogP contribution in [0.1, 0.15) is 5.69 Å². The molecule has 0 saturated carbocycles. The van der Waals surface area contributed by atoms with E-state index in [1.807, 2.05) is 4.57 Å². The second-order valence-corrected chi connectivity index (χ2v) is 3.23. The van der Waals surface area contributed by atoms with Gasteiger partial charge < -0.3 is 9.30 Å². The fraction of sp³-hybridized carbons (Fsp3) is 0.429. The minimum Gasteiger partial charge on any atom is -0.373 e. The third-order valence-corrected chi connectivity index (χ3v) is 2.59. The molecule has 2 rings (SSSR count). The number of hydrogen-bond acceptors (Lipinski definition) is 1. The number of aromatic nitrogens is 1. The molecule has 1 aromatic rings. The molecule has 2 nitrogen and oxygen atoms in total. The van der Waals surface area contributed by atoms with E-state index in [-0.39, 0.29) is 5.82 Å². The third kappa shape index (κ3) is 1.10. The Morgan fingerprint density at radius 3 is 3.18 bits per heavy atom. The molecule has 0 aliphatic carbocycles. The Bertz CT molecular complexity index is 284. The van der Waals surface area contributed by atoms with Crippen LogP contribution in [0.15, 0.2) is 10.7 Å². The summed E-state index contributed by atoms with van der Waals surface area (Å²) >= 11 is 3.17. The molecular weight excluding hydrogens is 213 g/mol. The highest BCUT2D eigenvalue weighted by molar-refractivity contribution is 9.10. The molecule has 0 radical (unpaired) electrons. The minimum atomic E-state index is -0.203. The molecule has 4 heteroatoms. The molecule has 0 unspecified atom stereocenters. The molecule has 2 heterocycles. The van der Waals surface area contributed by atoms with Crippen molar-refractivity contribution in [1.82, 2.24) is 4.57 Å². The molecule has 0 N–H and O–H groups in total. The van der Waals surface area contributed by atoms with Gasteiger partial charge in [-0.3, -0.25) is 0 Å². The Labute approximate surface area is 72.1 Å². The summed E-state index contributed by atoms with van der Waals surface area (Å²) in [6.07, 6.45) is 0. The lowest BCUT2D eigenvalue weighted by molar-refractivity contribution is 0.0842. The highest BCUT2D eigenvalue weighted by Gasteiger charge is 2.15. The van der Waals surface area contributed by atoms with Gasteiger partial charge in [0.25, 0.3) is 0 Å². The fourth-order valence-corrected chi connectivity index (χ4v) is 1.75. The Hall–Kier alpha value is -0.350. The highest BCUT2D eigenvalue weighted by Crippen LogP contribution is 2.23. The monoisotopic (exact) mass is 219 g/mol. The fourth-order valence-electron chi connectivity index (χ4n) is 1.23. The van der Waals surface area contributed by atoms with E-state index in [1.54, 1.807) is 0 Å². The van der Waals surface area contributed by atoms with Crippen molar-refractivity contribution < 1.29 is 9.13 Å². The van der Waals surface area contributed by atoms with Gasteiger partial charge in [0.15, 0.2) is 5.82 Å².